The minimum atomic E-state index is -0.864. The molecule has 1 unspecified atom stereocenters. The van der Waals surface area contributed by atoms with Crippen molar-refractivity contribution in [3.05, 3.63) is 57.9 Å². The number of H-pyrrole nitrogens is 1. The number of nitrogens with one attached hydrogen (secondary N) is 1. The highest BCUT2D eigenvalue weighted by molar-refractivity contribution is 6.46. The number of amides is 1. The van der Waals surface area contributed by atoms with Crippen LogP contribution in [0.25, 0.3) is 5.76 Å². The number of aromatic nitrogens is 1. The zero-order valence-electron chi connectivity index (χ0n) is 21.6. The number of Topliss-reactive ketones (excluding diaryl/α,β-unsaturated/α-hetero) is 1. The molecule has 0 radical (unpaired) electrons. The van der Waals surface area contributed by atoms with E-state index >= 15 is 0 Å². The van der Waals surface area contributed by atoms with E-state index in [1.807, 2.05) is 0 Å². The first-order valence-corrected chi connectivity index (χ1v) is 12.4. The normalized spacial score (nSPS) is 19.9. The monoisotopic (exact) mass is 511 g/mol. The number of benzene rings is 1. The van der Waals surface area contributed by atoms with Crippen LogP contribution in [0.5, 0.6) is 5.75 Å². The maximum atomic E-state index is 13.4. The molecule has 1 aromatic carbocycles. The zero-order valence-corrected chi connectivity index (χ0v) is 21.6. The number of ether oxygens (including phenoxy) is 3. The number of ketones is 1. The Bertz CT molecular complexity index is 1230. The topological polar surface area (TPSA) is 121 Å². The van der Waals surface area contributed by atoms with Gasteiger partial charge in [0.1, 0.15) is 17.2 Å². The Morgan fingerprint density at radius 1 is 1.16 bits per heavy atom. The third kappa shape index (κ3) is 4.99. The van der Waals surface area contributed by atoms with Gasteiger partial charge in [-0.2, -0.15) is 0 Å². The fourth-order valence-corrected chi connectivity index (χ4v) is 5.05. The number of methoxy groups -OCH3 is 1. The van der Waals surface area contributed by atoms with Crippen molar-refractivity contribution in [1.29, 1.82) is 0 Å². The first kappa shape index (κ1) is 26.4. The smallest absolute Gasteiger partial charge is 0.355 e. The quantitative estimate of drug-likeness (QED) is 0.240. The predicted octanol–water partition coefficient (Wildman–Crippen LogP) is 2.57. The Balaban J connectivity index is 1.82. The van der Waals surface area contributed by atoms with Gasteiger partial charge in [-0.25, -0.2) is 4.79 Å². The lowest BCUT2D eigenvalue weighted by atomic mass is 9.93. The van der Waals surface area contributed by atoms with E-state index in [2.05, 4.69) is 9.88 Å². The van der Waals surface area contributed by atoms with Crippen LogP contribution < -0.4 is 4.74 Å². The molecule has 10 nitrogen and oxygen atoms in total. The van der Waals surface area contributed by atoms with Gasteiger partial charge < -0.3 is 29.2 Å². The van der Waals surface area contributed by atoms with Gasteiger partial charge in [-0.15, -0.1) is 0 Å². The summed E-state index contributed by atoms with van der Waals surface area (Å²) in [5.41, 5.74) is 1.95. The van der Waals surface area contributed by atoms with E-state index in [-0.39, 0.29) is 30.2 Å². The molecule has 2 aliphatic rings. The zero-order chi connectivity index (χ0) is 26.7. The molecule has 2 fully saturated rings. The highest BCUT2D eigenvalue weighted by Gasteiger charge is 2.47. The van der Waals surface area contributed by atoms with Gasteiger partial charge in [-0.1, -0.05) is 18.2 Å². The summed E-state index contributed by atoms with van der Waals surface area (Å²) >= 11 is 0. The van der Waals surface area contributed by atoms with Crippen LogP contribution in [0.15, 0.2) is 29.8 Å². The van der Waals surface area contributed by atoms with Gasteiger partial charge in [0.15, 0.2) is 0 Å². The number of para-hydroxylation sites is 1. The number of aliphatic hydroxyl groups is 1. The van der Waals surface area contributed by atoms with Crippen molar-refractivity contribution in [2.75, 3.05) is 53.1 Å². The third-order valence-corrected chi connectivity index (χ3v) is 6.89. The summed E-state index contributed by atoms with van der Waals surface area (Å²) in [6, 6.07) is 6.27. The number of aryl methyl sites for hydroxylation is 1. The first-order valence-electron chi connectivity index (χ1n) is 12.4. The van der Waals surface area contributed by atoms with Crippen LogP contribution in [0.1, 0.15) is 45.8 Å². The first-order chi connectivity index (χ1) is 17.8. The van der Waals surface area contributed by atoms with Crippen molar-refractivity contribution < 1.29 is 33.7 Å². The van der Waals surface area contributed by atoms with Crippen molar-refractivity contribution in [1.82, 2.24) is 14.8 Å². The van der Waals surface area contributed by atoms with Gasteiger partial charge in [-0.3, -0.25) is 14.5 Å². The van der Waals surface area contributed by atoms with Crippen LogP contribution in [-0.2, 0) is 19.1 Å². The van der Waals surface area contributed by atoms with E-state index in [4.69, 9.17) is 14.2 Å². The number of carbonyl (C=O) groups excluding carboxylic acids is 3. The summed E-state index contributed by atoms with van der Waals surface area (Å²) < 4.78 is 16.1. The second-order valence-corrected chi connectivity index (χ2v) is 9.03. The van der Waals surface area contributed by atoms with E-state index in [9.17, 15) is 19.5 Å². The minimum Gasteiger partial charge on any atom is -0.507 e. The molecule has 1 atom stereocenters. The molecule has 198 valence electrons. The minimum absolute atomic E-state index is 0.0444. The van der Waals surface area contributed by atoms with Crippen molar-refractivity contribution in [2.24, 2.45) is 0 Å². The number of hydrogen-bond donors (Lipinski definition) is 2. The Hall–Kier alpha value is -3.63. The lowest BCUT2D eigenvalue weighted by Gasteiger charge is -2.31. The molecular weight excluding hydrogens is 478 g/mol. The van der Waals surface area contributed by atoms with Gasteiger partial charge >= 0.3 is 5.97 Å². The van der Waals surface area contributed by atoms with Crippen molar-refractivity contribution in [3.8, 4) is 5.75 Å². The summed E-state index contributed by atoms with van der Waals surface area (Å²) in [4.78, 5) is 45.9. The molecule has 0 saturated carbocycles. The summed E-state index contributed by atoms with van der Waals surface area (Å²) in [5, 5.41) is 11.6. The van der Waals surface area contributed by atoms with Crippen molar-refractivity contribution >= 4 is 23.4 Å². The molecule has 2 aliphatic heterocycles. The molecule has 4 rings (SSSR count). The standard InChI is InChI=1S/C27H33N3O7/c1-5-37-27(34)22-16(2)20(17(3)28-22)24(31)21-23(18-8-6-7-9-19(18)35-4)30(26(33)25(21)32)11-10-29-12-14-36-15-13-29/h6-9,23,28,31H,5,10-15H2,1-4H3. The van der Waals surface area contributed by atoms with E-state index < -0.39 is 23.7 Å². The summed E-state index contributed by atoms with van der Waals surface area (Å²) in [7, 11) is 1.52. The van der Waals surface area contributed by atoms with Crippen molar-refractivity contribution in [3.63, 3.8) is 0 Å². The summed E-state index contributed by atoms with van der Waals surface area (Å²) in [6.45, 7) is 8.79. The Kier molecular flexibility index (Phi) is 7.99. The summed E-state index contributed by atoms with van der Waals surface area (Å²) in [6.07, 6.45) is 0. The SMILES string of the molecule is CCOC(=O)c1[nH]c(C)c(C(O)=C2C(=O)C(=O)N(CCN3CCOCC3)C2c2ccccc2OC)c1C. The maximum Gasteiger partial charge on any atom is 0.355 e. The second kappa shape index (κ2) is 11.2. The molecule has 0 spiro atoms. The molecule has 10 heteroatoms. The molecule has 1 aromatic heterocycles. The highest BCUT2D eigenvalue weighted by atomic mass is 16.5. The van der Waals surface area contributed by atoms with Gasteiger partial charge in [0.2, 0.25) is 0 Å². The van der Waals surface area contributed by atoms with E-state index in [0.717, 1.165) is 13.1 Å². The van der Waals surface area contributed by atoms with Crippen LogP contribution in [0.2, 0.25) is 0 Å². The highest BCUT2D eigenvalue weighted by Crippen LogP contribution is 2.43. The van der Waals surface area contributed by atoms with E-state index in [0.29, 0.717) is 47.9 Å². The number of hydrogen-bond acceptors (Lipinski definition) is 8. The maximum absolute atomic E-state index is 13.4. The third-order valence-electron chi connectivity index (χ3n) is 6.89. The number of likely N-dealkylation sites (tertiary alicyclic amines) is 1. The number of rotatable bonds is 8. The number of aliphatic hydroxyl groups excluding tert-OH is 1. The van der Waals surface area contributed by atoms with E-state index in [1.54, 1.807) is 45.0 Å². The van der Waals surface area contributed by atoms with Crippen LogP contribution >= 0.6 is 0 Å². The molecule has 37 heavy (non-hydrogen) atoms. The molecule has 2 saturated heterocycles. The second-order valence-electron chi connectivity index (χ2n) is 9.03. The van der Waals surface area contributed by atoms with Crippen molar-refractivity contribution in [2.45, 2.75) is 26.8 Å². The fraction of sp³-hybridized carbons (Fsp3) is 0.444. The van der Waals surface area contributed by atoms with Gasteiger partial charge in [0.05, 0.1) is 38.5 Å². The number of esters is 1. The largest absolute Gasteiger partial charge is 0.507 e. The number of nitrogens with zero attached hydrogens (tertiary/aromatic N) is 2. The lowest BCUT2D eigenvalue weighted by Crippen LogP contribution is -2.42. The molecule has 2 aromatic rings. The molecule has 0 aliphatic carbocycles. The lowest BCUT2D eigenvalue weighted by molar-refractivity contribution is -0.140. The summed E-state index contributed by atoms with van der Waals surface area (Å²) in [5.74, 6) is -1.89. The fourth-order valence-electron chi connectivity index (χ4n) is 5.05. The molecule has 2 N–H and O–H groups in total. The van der Waals surface area contributed by atoms with Gasteiger partial charge in [0.25, 0.3) is 11.7 Å². The van der Waals surface area contributed by atoms with Crippen LogP contribution in [0.4, 0.5) is 0 Å². The molecule has 1 amide bonds. The Morgan fingerprint density at radius 2 is 1.86 bits per heavy atom. The van der Waals surface area contributed by atoms with E-state index in [1.165, 1.54) is 12.0 Å². The van der Waals surface area contributed by atoms with Gasteiger partial charge in [-0.05, 0) is 32.4 Å². The molecule has 0 bridgehead atoms. The predicted molar refractivity (Wildman–Crippen MR) is 135 cm³/mol. The number of morpholine rings is 1. The number of aromatic amines is 1. The van der Waals surface area contributed by atoms with Crippen LogP contribution in [0.3, 0.4) is 0 Å². The average molecular weight is 512 g/mol. The van der Waals surface area contributed by atoms with Crippen LogP contribution in [0, 0.1) is 13.8 Å². The molecule has 3 heterocycles. The Labute approximate surface area is 215 Å². The van der Waals surface area contributed by atoms with Crippen LogP contribution in [-0.4, -0.2) is 90.7 Å². The average Bonchev–Trinajstić information content (AvgIpc) is 3.34. The Morgan fingerprint density at radius 3 is 2.54 bits per heavy atom. The van der Waals surface area contributed by atoms with Gasteiger partial charge in [0, 0.05) is 43.0 Å². The molecular formula is C27H33N3O7. The number of carbonyl (C=O) groups is 3.